The Hall–Kier alpha value is -0.890. The van der Waals surface area contributed by atoms with Crippen LogP contribution in [0.2, 0.25) is 0 Å². The van der Waals surface area contributed by atoms with Gasteiger partial charge in [0.25, 0.3) is 0 Å². The summed E-state index contributed by atoms with van der Waals surface area (Å²) in [7, 11) is 0. The Balaban J connectivity index is 2.23. The SMILES string of the molecule is Cc1nnsc1C(Cc1ccc(F)cc1Br)NN. The highest BCUT2D eigenvalue weighted by Crippen LogP contribution is 2.27. The molecule has 0 bridgehead atoms. The number of hydrogen-bond acceptors (Lipinski definition) is 5. The summed E-state index contributed by atoms with van der Waals surface area (Å²) < 4.78 is 17.6. The predicted molar refractivity (Wildman–Crippen MR) is 72.5 cm³/mol. The van der Waals surface area contributed by atoms with Crippen LogP contribution in [0.5, 0.6) is 0 Å². The second-order valence-corrected chi connectivity index (χ2v) is 5.52. The molecule has 0 aliphatic carbocycles. The molecule has 0 aliphatic heterocycles. The molecule has 0 saturated carbocycles. The van der Waals surface area contributed by atoms with Gasteiger partial charge in [0, 0.05) is 4.47 Å². The zero-order valence-corrected chi connectivity index (χ0v) is 12.1. The van der Waals surface area contributed by atoms with Gasteiger partial charge in [0.1, 0.15) is 5.82 Å². The summed E-state index contributed by atoms with van der Waals surface area (Å²) in [6.07, 6.45) is 0.641. The molecule has 96 valence electrons. The van der Waals surface area contributed by atoms with E-state index >= 15 is 0 Å². The third kappa shape index (κ3) is 2.92. The average Bonchev–Trinajstić information content (AvgIpc) is 2.75. The van der Waals surface area contributed by atoms with Gasteiger partial charge in [-0.1, -0.05) is 26.5 Å². The van der Waals surface area contributed by atoms with E-state index in [1.165, 1.54) is 23.7 Å². The number of nitrogens with zero attached hydrogens (tertiary/aromatic N) is 2. The van der Waals surface area contributed by atoms with Crippen molar-refractivity contribution in [1.29, 1.82) is 0 Å². The second kappa shape index (κ2) is 5.83. The van der Waals surface area contributed by atoms with E-state index in [4.69, 9.17) is 5.84 Å². The van der Waals surface area contributed by atoms with Crippen molar-refractivity contribution in [1.82, 2.24) is 15.0 Å². The van der Waals surface area contributed by atoms with Crippen LogP contribution in [0.1, 0.15) is 22.2 Å². The molecule has 7 heteroatoms. The summed E-state index contributed by atoms with van der Waals surface area (Å²) in [5, 5.41) is 3.96. The van der Waals surface area contributed by atoms with Crippen LogP contribution in [-0.2, 0) is 6.42 Å². The number of halogens is 2. The summed E-state index contributed by atoms with van der Waals surface area (Å²) in [6, 6.07) is 4.55. The first-order valence-electron chi connectivity index (χ1n) is 5.30. The first kappa shape index (κ1) is 13.5. The molecule has 0 amide bonds. The van der Waals surface area contributed by atoms with Crippen LogP contribution in [-0.4, -0.2) is 9.59 Å². The maximum Gasteiger partial charge on any atom is 0.124 e. The fourth-order valence-electron chi connectivity index (χ4n) is 1.69. The molecule has 2 aromatic rings. The second-order valence-electron chi connectivity index (χ2n) is 3.88. The van der Waals surface area contributed by atoms with Crippen LogP contribution in [0.4, 0.5) is 4.39 Å². The quantitative estimate of drug-likeness (QED) is 0.667. The number of nitrogens with one attached hydrogen (secondary N) is 1. The van der Waals surface area contributed by atoms with E-state index in [1.807, 2.05) is 6.92 Å². The van der Waals surface area contributed by atoms with Crippen LogP contribution in [0.15, 0.2) is 22.7 Å². The minimum absolute atomic E-state index is 0.0771. The van der Waals surface area contributed by atoms with Crippen molar-refractivity contribution in [2.45, 2.75) is 19.4 Å². The van der Waals surface area contributed by atoms with Gasteiger partial charge in [-0.3, -0.25) is 11.3 Å². The van der Waals surface area contributed by atoms with E-state index < -0.39 is 0 Å². The molecule has 2 rings (SSSR count). The third-order valence-corrected chi connectivity index (χ3v) is 4.32. The molecule has 1 atom stereocenters. The molecule has 1 aromatic heterocycles. The van der Waals surface area contributed by atoms with Crippen LogP contribution >= 0.6 is 27.5 Å². The van der Waals surface area contributed by atoms with E-state index in [1.54, 1.807) is 6.07 Å². The molecule has 0 fully saturated rings. The number of aryl methyl sites for hydroxylation is 1. The van der Waals surface area contributed by atoms with Gasteiger partial charge in [0.15, 0.2) is 0 Å². The van der Waals surface area contributed by atoms with E-state index in [2.05, 4.69) is 30.9 Å². The molecule has 0 radical (unpaired) electrons. The summed E-state index contributed by atoms with van der Waals surface area (Å²) in [5.41, 5.74) is 4.59. The van der Waals surface area contributed by atoms with Gasteiger partial charge < -0.3 is 0 Å². The number of nitrogens with two attached hydrogens (primary N) is 1. The maximum absolute atomic E-state index is 13.0. The topological polar surface area (TPSA) is 63.8 Å². The molecular weight excluding hydrogens is 319 g/mol. The van der Waals surface area contributed by atoms with Crippen LogP contribution in [0.3, 0.4) is 0 Å². The van der Waals surface area contributed by atoms with Gasteiger partial charge in [0.05, 0.1) is 16.6 Å². The van der Waals surface area contributed by atoms with E-state index in [9.17, 15) is 4.39 Å². The van der Waals surface area contributed by atoms with Crippen LogP contribution < -0.4 is 11.3 Å². The van der Waals surface area contributed by atoms with Gasteiger partial charge >= 0.3 is 0 Å². The lowest BCUT2D eigenvalue weighted by atomic mass is 10.0. The van der Waals surface area contributed by atoms with Crippen molar-refractivity contribution in [2.24, 2.45) is 5.84 Å². The fourth-order valence-corrected chi connectivity index (χ4v) is 2.91. The Morgan fingerprint density at radius 3 is 2.89 bits per heavy atom. The largest absolute Gasteiger partial charge is 0.271 e. The average molecular weight is 331 g/mol. The molecule has 18 heavy (non-hydrogen) atoms. The Labute approximate surface area is 117 Å². The molecule has 0 aliphatic rings. The van der Waals surface area contributed by atoms with Crippen molar-refractivity contribution in [2.75, 3.05) is 0 Å². The Morgan fingerprint density at radius 2 is 2.33 bits per heavy atom. The molecule has 1 unspecified atom stereocenters. The summed E-state index contributed by atoms with van der Waals surface area (Å²) in [6.45, 7) is 1.89. The van der Waals surface area contributed by atoms with Crippen molar-refractivity contribution in [3.8, 4) is 0 Å². The van der Waals surface area contributed by atoms with E-state index in [-0.39, 0.29) is 11.9 Å². The minimum Gasteiger partial charge on any atom is -0.271 e. The number of hydrazine groups is 1. The first-order valence-corrected chi connectivity index (χ1v) is 6.87. The van der Waals surface area contributed by atoms with Gasteiger partial charge in [-0.15, -0.1) is 5.10 Å². The molecular formula is C11H12BrFN4S. The Bertz CT molecular complexity index is 546. The van der Waals surface area contributed by atoms with Gasteiger partial charge in [0.2, 0.25) is 0 Å². The highest BCUT2D eigenvalue weighted by atomic mass is 79.9. The minimum atomic E-state index is -0.265. The van der Waals surface area contributed by atoms with Crippen molar-refractivity contribution >= 4 is 27.5 Å². The Morgan fingerprint density at radius 1 is 1.56 bits per heavy atom. The summed E-state index contributed by atoms with van der Waals surface area (Å²) in [4.78, 5) is 0.994. The van der Waals surface area contributed by atoms with Gasteiger partial charge in [-0.05, 0) is 42.6 Å². The standard InChI is InChI=1S/C11H12BrFN4S/c1-6-11(18-17-16-6)10(15-14)4-7-2-3-8(13)5-9(7)12/h2-3,5,10,15H,4,14H2,1H3. The molecule has 1 heterocycles. The monoisotopic (exact) mass is 330 g/mol. The molecule has 0 spiro atoms. The maximum atomic E-state index is 13.0. The number of aromatic nitrogens is 2. The van der Waals surface area contributed by atoms with Crippen molar-refractivity contribution in [3.05, 3.63) is 44.6 Å². The molecule has 3 N–H and O–H groups in total. The summed E-state index contributed by atoms with van der Waals surface area (Å²) >= 11 is 4.67. The normalized spacial score (nSPS) is 12.7. The van der Waals surface area contributed by atoms with Crippen molar-refractivity contribution in [3.63, 3.8) is 0 Å². The first-order chi connectivity index (χ1) is 8.61. The number of hydrogen-bond donors (Lipinski definition) is 2. The smallest absolute Gasteiger partial charge is 0.124 e. The van der Waals surface area contributed by atoms with Gasteiger partial charge in [-0.25, -0.2) is 4.39 Å². The van der Waals surface area contributed by atoms with Gasteiger partial charge in [-0.2, -0.15) is 0 Å². The predicted octanol–water partition coefficient (Wildman–Crippen LogP) is 2.50. The fraction of sp³-hybridized carbons (Fsp3) is 0.273. The summed E-state index contributed by atoms with van der Waals surface area (Å²) in [5.74, 6) is 5.31. The lowest BCUT2D eigenvalue weighted by Gasteiger charge is -2.15. The van der Waals surface area contributed by atoms with E-state index in [0.717, 1.165) is 20.6 Å². The lowest BCUT2D eigenvalue weighted by molar-refractivity contribution is 0.554. The number of rotatable bonds is 4. The van der Waals surface area contributed by atoms with Crippen LogP contribution in [0.25, 0.3) is 0 Å². The number of benzene rings is 1. The Kier molecular flexibility index (Phi) is 4.39. The van der Waals surface area contributed by atoms with Crippen LogP contribution in [0, 0.1) is 12.7 Å². The highest BCUT2D eigenvalue weighted by molar-refractivity contribution is 9.10. The molecule has 1 aromatic carbocycles. The van der Waals surface area contributed by atoms with E-state index in [0.29, 0.717) is 6.42 Å². The van der Waals surface area contributed by atoms with Crippen molar-refractivity contribution < 1.29 is 4.39 Å². The third-order valence-electron chi connectivity index (χ3n) is 2.64. The molecule has 0 saturated heterocycles. The lowest BCUT2D eigenvalue weighted by Crippen LogP contribution is -2.29. The zero-order valence-electron chi connectivity index (χ0n) is 9.65. The zero-order chi connectivity index (χ0) is 13.1. The highest BCUT2D eigenvalue weighted by Gasteiger charge is 2.17. The molecule has 4 nitrogen and oxygen atoms in total.